The maximum Gasteiger partial charge on any atom is 0.233 e. The molecule has 0 unspecified atom stereocenters. The van der Waals surface area contributed by atoms with Gasteiger partial charge >= 0.3 is 0 Å². The summed E-state index contributed by atoms with van der Waals surface area (Å²) in [5.74, 6) is -0.694. The van der Waals surface area contributed by atoms with Gasteiger partial charge in [-0.2, -0.15) is 5.10 Å². The van der Waals surface area contributed by atoms with Crippen LogP contribution in [0.5, 0.6) is 0 Å². The summed E-state index contributed by atoms with van der Waals surface area (Å²) in [5.41, 5.74) is 4.88. The van der Waals surface area contributed by atoms with Crippen molar-refractivity contribution in [1.82, 2.24) is 15.0 Å². The summed E-state index contributed by atoms with van der Waals surface area (Å²) < 4.78 is 13.4. The highest BCUT2D eigenvalue weighted by Crippen LogP contribution is 2.25. The van der Waals surface area contributed by atoms with Gasteiger partial charge in [-0.15, -0.1) is 11.3 Å². The van der Waals surface area contributed by atoms with Crippen LogP contribution < -0.4 is 5.43 Å². The lowest BCUT2D eigenvalue weighted by Crippen LogP contribution is -2.19. The van der Waals surface area contributed by atoms with Crippen molar-refractivity contribution in [2.24, 2.45) is 5.10 Å². The first-order chi connectivity index (χ1) is 14.2. The maximum atomic E-state index is 13.4. The topological polar surface area (TPSA) is 80.1 Å². The van der Waals surface area contributed by atoms with Crippen LogP contribution in [0.4, 0.5) is 9.52 Å². The molecule has 0 saturated carbocycles. The number of hydrazone groups is 1. The zero-order chi connectivity index (χ0) is 20.1. The molecule has 0 amide bonds. The number of hydrogen-bond donors (Lipinski definition) is 1. The van der Waals surface area contributed by atoms with Crippen LogP contribution in [0.15, 0.2) is 83.5 Å². The first-order valence-electron chi connectivity index (χ1n) is 8.63. The molecule has 142 valence electrons. The predicted octanol–water partition coefficient (Wildman–Crippen LogP) is 4.44. The minimum atomic E-state index is -0.362. The number of rotatable bonds is 6. The molecule has 3 aromatic heterocycles. The fourth-order valence-electron chi connectivity index (χ4n) is 2.55. The van der Waals surface area contributed by atoms with Crippen LogP contribution in [-0.2, 0) is 0 Å². The Balaban J connectivity index is 1.63. The van der Waals surface area contributed by atoms with Crippen LogP contribution in [0, 0.1) is 5.82 Å². The summed E-state index contributed by atoms with van der Waals surface area (Å²) in [6, 6.07) is 16.5. The van der Waals surface area contributed by atoms with Crippen molar-refractivity contribution in [3.8, 4) is 11.3 Å². The molecule has 0 radical (unpaired) electrons. The molecule has 0 aliphatic carbocycles. The fraction of sp³-hybridized carbons (Fsp3) is 0. The van der Waals surface area contributed by atoms with E-state index in [1.165, 1.54) is 23.5 Å². The summed E-state index contributed by atoms with van der Waals surface area (Å²) in [7, 11) is 0. The number of benzene rings is 1. The number of halogens is 1. The monoisotopic (exact) mass is 403 g/mol. The second kappa shape index (κ2) is 8.49. The lowest BCUT2D eigenvalue weighted by Gasteiger charge is -2.05. The van der Waals surface area contributed by atoms with Gasteiger partial charge in [0, 0.05) is 23.3 Å². The number of thiazole rings is 1. The third-order valence-electron chi connectivity index (χ3n) is 3.91. The van der Waals surface area contributed by atoms with E-state index in [0.717, 1.165) is 0 Å². The van der Waals surface area contributed by atoms with Gasteiger partial charge in [-0.25, -0.2) is 9.37 Å². The Bertz CT molecular complexity index is 1160. The van der Waals surface area contributed by atoms with Crippen LogP contribution >= 0.6 is 11.3 Å². The van der Waals surface area contributed by atoms with Gasteiger partial charge in [0.25, 0.3) is 0 Å². The summed E-state index contributed by atoms with van der Waals surface area (Å²) in [5, 5.41) is 6.50. The number of hydrogen-bond acceptors (Lipinski definition) is 7. The van der Waals surface area contributed by atoms with E-state index in [0.29, 0.717) is 22.1 Å². The van der Waals surface area contributed by atoms with Crippen LogP contribution in [-0.4, -0.2) is 26.4 Å². The standard InChI is InChI=1S/C21H14FN5OS/c22-15-7-5-6-14(12-15)18-13-29-21(25-18)27-26-19(16-8-1-3-10-23-16)20(28)17-9-2-4-11-24-17/h1-13H,(H,25,27)/b26-19-. The Morgan fingerprint density at radius 3 is 2.41 bits per heavy atom. The lowest BCUT2D eigenvalue weighted by atomic mass is 10.1. The molecule has 0 aliphatic rings. The van der Waals surface area contributed by atoms with Gasteiger partial charge in [-0.3, -0.25) is 20.2 Å². The lowest BCUT2D eigenvalue weighted by molar-refractivity contribution is 0.106. The molecule has 3 heterocycles. The Kier molecular flexibility index (Phi) is 5.44. The molecule has 0 spiro atoms. The minimum Gasteiger partial charge on any atom is -0.285 e. The Labute approximate surface area is 169 Å². The summed E-state index contributed by atoms with van der Waals surface area (Å²) in [4.78, 5) is 25.6. The van der Waals surface area contributed by atoms with E-state index in [1.54, 1.807) is 66.3 Å². The van der Waals surface area contributed by atoms with Gasteiger partial charge in [-0.05, 0) is 36.4 Å². The van der Waals surface area contributed by atoms with E-state index < -0.39 is 0 Å². The van der Waals surface area contributed by atoms with E-state index >= 15 is 0 Å². The molecule has 8 heteroatoms. The molecule has 1 N–H and O–H groups in total. The molecule has 29 heavy (non-hydrogen) atoms. The summed E-state index contributed by atoms with van der Waals surface area (Å²) in [6.07, 6.45) is 3.13. The molecule has 0 fully saturated rings. The number of anilines is 1. The minimum absolute atomic E-state index is 0.117. The maximum absolute atomic E-state index is 13.4. The predicted molar refractivity (Wildman–Crippen MR) is 110 cm³/mol. The van der Waals surface area contributed by atoms with Crippen molar-refractivity contribution in [2.75, 3.05) is 5.43 Å². The molecule has 0 bridgehead atoms. The molecule has 6 nitrogen and oxygen atoms in total. The van der Waals surface area contributed by atoms with Crippen LogP contribution in [0.2, 0.25) is 0 Å². The van der Waals surface area contributed by atoms with Crippen molar-refractivity contribution < 1.29 is 9.18 Å². The van der Waals surface area contributed by atoms with Crippen molar-refractivity contribution in [1.29, 1.82) is 0 Å². The zero-order valence-electron chi connectivity index (χ0n) is 15.0. The number of nitrogens with one attached hydrogen (secondary N) is 1. The van der Waals surface area contributed by atoms with E-state index in [2.05, 4.69) is 25.5 Å². The first kappa shape index (κ1) is 18.6. The third-order valence-corrected chi connectivity index (χ3v) is 4.65. The fourth-order valence-corrected chi connectivity index (χ4v) is 3.22. The van der Waals surface area contributed by atoms with Gasteiger partial charge in [-0.1, -0.05) is 24.3 Å². The highest BCUT2D eigenvalue weighted by molar-refractivity contribution is 7.14. The van der Waals surface area contributed by atoms with E-state index in [9.17, 15) is 9.18 Å². The highest BCUT2D eigenvalue weighted by Gasteiger charge is 2.19. The van der Waals surface area contributed by atoms with Gasteiger partial charge < -0.3 is 0 Å². The van der Waals surface area contributed by atoms with Gasteiger partial charge in [0.15, 0.2) is 5.71 Å². The van der Waals surface area contributed by atoms with Crippen molar-refractivity contribution in [3.63, 3.8) is 0 Å². The van der Waals surface area contributed by atoms with Crippen LogP contribution in [0.3, 0.4) is 0 Å². The summed E-state index contributed by atoms with van der Waals surface area (Å²) >= 11 is 1.30. The summed E-state index contributed by atoms with van der Waals surface area (Å²) in [6.45, 7) is 0. The number of carbonyl (C=O) groups excluding carboxylic acids is 1. The van der Waals surface area contributed by atoms with Crippen LogP contribution in [0.25, 0.3) is 11.3 Å². The van der Waals surface area contributed by atoms with E-state index in [4.69, 9.17) is 0 Å². The normalized spacial score (nSPS) is 11.3. The molecule has 4 aromatic rings. The van der Waals surface area contributed by atoms with E-state index in [-0.39, 0.29) is 23.0 Å². The van der Waals surface area contributed by atoms with Gasteiger partial charge in [0.05, 0.1) is 11.4 Å². The average molecular weight is 403 g/mol. The second-order valence-corrected chi connectivity index (χ2v) is 6.74. The quantitative estimate of drug-likeness (QED) is 0.292. The zero-order valence-corrected chi connectivity index (χ0v) is 15.8. The van der Waals surface area contributed by atoms with Crippen LogP contribution in [0.1, 0.15) is 16.2 Å². The highest BCUT2D eigenvalue weighted by atomic mass is 32.1. The van der Waals surface area contributed by atoms with E-state index in [1.807, 2.05) is 0 Å². The molecular weight excluding hydrogens is 389 g/mol. The molecule has 0 atom stereocenters. The number of Topliss-reactive ketones (excluding diaryl/α,β-unsaturated/α-hetero) is 1. The smallest absolute Gasteiger partial charge is 0.233 e. The SMILES string of the molecule is O=C(/C(=N\Nc1nc(-c2cccc(F)c2)cs1)c1ccccn1)c1ccccn1. The van der Waals surface area contributed by atoms with Crippen molar-refractivity contribution >= 4 is 28.0 Å². The van der Waals surface area contributed by atoms with Gasteiger partial charge in [0.2, 0.25) is 10.9 Å². The van der Waals surface area contributed by atoms with Crippen molar-refractivity contribution in [2.45, 2.75) is 0 Å². The third kappa shape index (κ3) is 4.39. The average Bonchev–Trinajstić information content (AvgIpc) is 3.24. The number of pyridine rings is 2. The number of ketones is 1. The Hall–Kier alpha value is -3.78. The Morgan fingerprint density at radius 1 is 0.966 bits per heavy atom. The number of nitrogens with zero attached hydrogens (tertiary/aromatic N) is 4. The Morgan fingerprint density at radius 2 is 1.72 bits per heavy atom. The number of aromatic nitrogens is 3. The second-order valence-electron chi connectivity index (χ2n) is 5.88. The molecule has 0 saturated heterocycles. The molecule has 1 aromatic carbocycles. The van der Waals surface area contributed by atoms with Crippen molar-refractivity contribution in [3.05, 3.63) is 95.6 Å². The van der Waals surface area contributed by atoms with Gasteiger partial charge in [0.1, 0.15) is 11.5 Å². The number of carbonyl (C=O) groups is 1. The first-order valence-corrected chi connectivity index (χ1v) is 9.51. The molecular formula is C21H14FN5OS. The molecule has 0 aliphatic heterocycles. The largest absolute Gasteiger partial charge is 0.285 e. The molecule has 4 rings (SSSR count).